The molecule has 1 fully saturated rings. The van der Waals surface area contributed by atoms with Crippen molar-refractivity contribution in [3.63, 3.8) is 0 Å². The Morgan fingerprint density at radius 3 is 2.79 bits per heavy atom. The lowest BCUT2D eigenvalue weighted by molar-refractivity contribution is 0.123. The van der Waals surface area contributed by atoms with Gasteiger partial charge in [0.25, 0.3) is 0 Å². The number of halogens is 1. The third-order valence-corrected chi connectivity index (χ3v) is 4.47. The van der Waals surface area contributed by atoms with Crippen LogP contribution in [-0.4, -0.2) is 15.9 Å². The van der Waals surface area contributed by atoms with E-state index in [9.17, 15) is 4.39 Å². The van der Waals surface area contributed by atoms with E-state index in [-0.39, 0.29) is 11.9 Å². The lowest BCUT2D eigenvalue weighted by Crippen LogP contribution is -2.05. The Morgan fingerprint density at radius 2 is 2.11 bits per heavy atom. The van der Waals surface area contributed by atoms with E-state index in [1.54, 1.807) is 30.6 Å². The number of anilines is 1. The quantitative estimate of drug-likeness (QED) is 0.459. The van der Waals surface area contributed by atoms with Crippen molar-refractivity contribution in [1.29, 1.82) is 0 Å². The van der Waals surface area contributed by atoms with E-state index in [0.29, 0.717) is 23.4 Å². The molecule has 0 radical (unpaired) electrons. The van der Waals surface area contributed by atoms with Crippen molar-refractivity contribution in [2.45, 2.75) is 45.1 Å². The van der Waals surface area contributed by atoms with Gasteiger partial charge in [-0.05, 0) is 57.3 Å². The third-order valence-electron chi connectivity index (χ3n) is 4.47. The molecule has 1 heterocycles. The molecule has 5 nitrogen and oxygen atoms in total. The van der Waals surface area contributed by atoms with E-state index in [4.69, 9.17) is 16.2 Å². The molecule has 6 heteroatoms. The number of aromatic nitrogens is 2. The van der Waals surface area contributed by atoms with Crippen molar-refractivity contribution < 1.29 is 9.13 Å². The Hall–Kier alpha value is -3.02. The van der Waals surface area contributed by atoms with E-state index < -0.39 is 0 Å². The highest BCUT2D eigenvalue weighted by Crippen LogP contribution is 2.23. The smallest absolute Gasteiger partial charge is 0.134 e. The average molecular weight is 384 g/mol. The molecule has 0 amide bonds. The number of hydrogen-bond donors (Lipinski definition) is 2. The zero-order valence-corrected chi connectivity index (χ0v) is 16.4. The van der Waals surface area contributed by atoms with E-state index in [1.165, 1.54) is 35.9 Å². The van der Waals surface area contributed by atoms with Gasteiger partial charge in [-0.1, -0.05) is 24.8 Å². The van der Waals surface area contributed by atoms with Crippen molar-refractivity contribution in [1.82, 2.24) is 9.78 Å². The second-order valence-corrected chi connectivity index (χ2v) is 6.59. The minimum atomic E-state index is -0.327. The summed E-state index contributed by atoms with van der Waals surface area (Å²) in [5.41, 5.74) is 13.0. The summed E-state index contributed by atoms with van der Waals surface area (Å²) in [5, 5.41) is 4.19. The summed E-state index contributed by atoms with van der Waals surface area (Å²) >= 11 is 0. The maximum atomic E-state index is 13.8. The maximum absolute atomic E-state index is 13.8. The van der Waals surface area contributed by atoms with Crippen molar-refractivity contribution in [2.75, 3.05) is 5.73 Å². The number of nitrogens with zero attached hydrogens (tertiary/aromatic N) is 2. The Bertz CT molecular complexity index is 809. The molecular formula is C22H29FN4O. The largest absolute Gasteiger partial charge is 0.495 e. The third kappa shape index (κ3) is 6.30. The van der Waals surface area contributed by atoms with Gasteiger partial charge in [-0.3, -0.25) is 0 Å². The van der Waals surface area contributed by atoms with Gasteiger partial charge in [-0.25, -0.2) is 9.07 Å². The minimum Gasteiger partial charge on any atom is -0.495 e. The standard InChI is InChI=1S/C22H29FN4O/c1-3-18(15-24)21-16-26-27(22(21)25)14-8-4-5-9-19(23)13-12-17(2)28-20-10-6-7-11-20/h3,5,8-9,12-16,20H,1,4,6-7,10-11,24-25H2,2H3/b9-5+,14-8-,17-12+,18-15+,19-13+. The number of ether oxygens (including phenoxy) is 1. The normalized spacial score (nSPS) is 17.1. The first-order chi connectivity index (χ1) is 13.5. The van der Waals surface area contributed by atoms with E-state index >= 15 is 0 Å². The Morgan fingerprint density at radius 1 is 1.36 bits per heavy atom. The van der Waals surface area contributed by atoms with E-state index in [0.717, 1.165) is 18.6 Å². The van der Waals surface area contributed by atoms with Gasteiger partial charge in [-0.15, -0.1) is 0 Å². The molecule has 1 aromatic heterocycles. The van der Waals surface area contributed by atoms with Gasteiger partial charge in [0.1, 0.15) is 11.6 Å². The van der Waals surface area contributed by atoms with Gasteiger partial charge in [0.15, 0.2) is 0 Å². The number of allylic oxidation sites excluding steroid dienone is 9. The second kappa shape index (κ2) is 11.0. The Kier molecular flexibility index (Phi) is 8.34. The average Bonchev–Trinajstić information content (AvgIpc) is 3.32. The van der Waals surface area contributed by atoms with Crippen molar-refractivity contribution in [2.24, 2.45) is 5.73 Å². The van der Waals surface area contributed by atoms with Crippen LogP contribution in [-0.2, 0) is 4.74 Å². The Labute approximate surface area is 166 Å². The van der Waals surface area contributed by atoms with Gasteiger partial charge >= 0.3 is 0 Å². The highest BCUT2D eigenvalue weighted by atomic mass is 19.1. The number of nitrogen functional groups attached to an aromatic ring is 1. The molecule has 1 aliphatic carbocycles. The summed E-state index contributed by atoms with van der Waals surface area (Å²) in [5.74, 6) is 0.879. The number of hydrogen-bond acceptors (Lipinski definition) is 4. The molecule has 2 rings (SSSR count). The second-order valence-electron chi connectivity index (χ2n) is 6.59. The first-order valence-electron chi connectivity index (χ1n) is 9.46. The lowest BCUT2D eigenvalue weighted by atomic mass is 10.1. The van der Waals surface area contributed by atoms with Crippen LogP contribution in [0.1, 0.15) is 44.6 Å². The van der Waals surface area contributed by atoms with Crippen LogP contribution >= 0.6 is 0 Å². The zero-order chi connectivity index (χ0) is 20.4. The Balaban J connectivity index is 1.84. The highest BCUT2D eigenvalue weighted by Gasteiger charge is 2.15. The molecule has 0 aromatic carbocycles. The zero-order valence-electron chi connectivity index (χ0n) is 16.4. The minimum absolute atomic E-state index is 0.284. The molecule has 1 aromatic rings. The molecule has 0 saturated heterocycles. The molecule has 0 unspecified atom stereocenters. The van der Waals surface area contributed by atoms with E-state index in [2.05, 4.69) is 11.7 Å². The molecule has 28 heavy (non-hydrogen) atoms. The van der Waals surface area contributed by atoms with Crippen LogP contribution in [0.15, 0.2) is 67.0 Å². The number of rotatable bonds is 9. The van der Waals surface area contributed by atoms with Crippen molar-refractivity contribution in [3.05, 3.63) is 72.6 Å². The molecule has 0 atom stereocenters. The molecular weight excluding hydrogens is 355 g/mol. The van der Waals surface area contributed by atoms with Crippen LogP contribution in [0.2, 0.25) is 0 Å². The number of nitrogens with two attached hydrogens (primary N) is 2. The predicted molar refractivity (Wildman–Crippen MR) is 114 cm³/mol. The molecule has 4 N–H and O–H groups in total. The van der Waals surface area contributed by atoms with Crippen LogP contribution in [0, 0.1) is 0 Å². The van der Waals surface area contributed by atoms with Crippen molar-refractivity contribution >= 4 is 17.6 Å². The molecule has 1 saturated carbocycles. The lowest BCUT2D eigenvalue weighted by Gasteiger charge is -2.12. The van der Waals surface area contributed by atoms with Gasteiger partial charge in [0.05, 0.1) is 18.1 Å². The summed E-state index contributed by atoms with van der Waals surface area (Å²) in [6.07, 6.45) is 19.9. The van der Waals surface area contributed by atoms with Crippen molar-refractivity contribution in [3.8, 4) is 0 Å². The highest BCUT2D eigenvalue weighted by molar-refractivity contribution is 5.79. The van der Waals surface area contributed by atoms with Gasteiger partial charge in [-0.2, -0.15) is 5.10 Å². The van der Waals surface area contributed by atoms with Crippen LogP contribution in [0.5, 0.6) is 0 Å². The predicted octanol–water partition coefficient (Wildman–Crippen LogP) is 5.08. The fraction of sp³-hybridized carbons (Fsp3) is 0.318. The summed E-state index contributed by atoms with van der Waals surface area (Å²) in [7, 11) is 0. The fourth-order valence-corrected chi connectivity index (χ4v) is 2.96. The van der Waals surface area contributed by atoms with Crippen LogP contribution in [0.4, 0.5) is 10.2 Å². The van der Waals surface area contributed by atoms with Gasteiger partial charge < -0.3 is 16.2 Å². The molecule has 0 aliphatic heterocycles. The summed E-state index contributed by atoms with van der Waals surface area (Å²) < 4.78 is 21.2. The summed E-state index contributed by atoms with van der Waals surface area (Å²) in [6, 6.07) is 0. The maximum Gasteiger partial charge on any atom is 0.134 e. The first kappa shape index (κ1) is 21.3. The molecule has 0 spiro atoms. The first-order valence-corrected chi connectivity index (χ1v) is 9.46. The fourth-order valence-electron chi connectivity index (χ4n) is 2.96. The van der Waals surface area contributed by atoms with Gasteiger partial charge in [0.2, 0.25) is 0 Å². The molecule has 0 bridgehead atoms. The summed E-state index contributed by atoms with van der Waals surface area (Å²) in [6.45, 7) is 5.55. The molecule has 150 valence electrons. The SMILES string of the molecule is C=C/C(=C\N)c1cnn(/C=C\C/C=C/C(F)=C\C=C(/C)OC2CCCC2)c1N. The van der Waals surface area contributed by atoms with Crippen LogP contribution in [0.25, 0.3) is 11.8 Å². The van der Waals surface area contributed by atoms with Crippen LogP contribution in [0.3, 0.4) is 0 Å². The monoisotopic (exact) mass is 384 g/mol. The summed E-state index contributed by atoms with van der Waals surface area (Å²) in [4.78, 5) is 0. The molecule has 1 aliphatic rings. The van der Waals surface area contributed by atoms with Crippen LogP contribution < -0.4 is 11.5 Å². The topological polar surface area (TPSA) is 79.1 Å². The van der Waals surface area contributed by atoms with E-state index in [1.807, 2.05) is 13.0 Å². The van der Waals surface area contributed by atoms with Gasteiger partial charge in [0, 0.05) is 23.5 Å².